The van der Waals surface area contributed by atoms with E-state index in [0.29, 0.717) is 21.4 Å². The summed E-state index contributed by atoms with van der Waals surface area (Å²) in [5, 5.41) is 4.91. The van der Waals surface area contributed by atoms with Gasteiger partial charge < -0.3 is 15.4 Å². The summed E-state index contributed by atoms with van der Waals surface area (Å²) in [6.07, 6.45) is 4.95. The van der Waals surface area contributed by atoms with Gasteiger partial charge in [0.2, 0.25) is 5.91 Å². The van der Waals surface area contributed by atoms with E-state index in [-0.39, 0.29) is 23.1 Å². The first kappa shape index (κ1) is 23.2. The highest BCUT2D eigenvalue weighted by Gasteiger charge is 2.29. The summed E-state index contributed by atoms with van der Waals surface area (Å²) >= 11 is 3.78. The number of hydrogen-bond donors (Lipinski definition) is 3. The van der Waals surface area contributed by atoms with Crippen molar-refractivity contribution in [3.8, 4) is 5.75 Å². The Morgan fingerprint density at radius 2 is 2.03 bits per heavy atom. The summed E-state index contributed by atoms with van der Waals surface area (Å²) in [6.45, 7) is 0.275. The van der Waals surface area contributed by atoms with Crippen molar-refractivity contribution < 1.29 is 22.7 Å². The number of methoxy groups -OCH3 is 1. The van der Waals surface area contributed by atoms with Gasteiger partial charge in [0, 0.05) is 25.9 Å². The molecule has 1 aromatic heterocycles. The van der Waals surface area contributed by atoms with Gasteiger partial charge in [-0.25, -0.2) is 4.79 Å². The van der Waals surface area contributed by atoms with Crippen molar-refractivity contribution in [2.45, 2.75) is 11.3 Å². The van der Waals surface area contributed by atoms with E-state index in [1.54, 1.807) is 30.5 Å². The Balaban J connectivity index is 2.07. The molecule has 2 aromatic rings. The molecule has 0 fully saturated rings. The normalized spacial score (nSPS) is 11.2. The summed E-state index contributed by atoms with van der Waals surface area (Å²) in [5.74, 6) is -0.229. The van der Waals surface area contributed by atoms with E-state index in [9.17, 15) is 18.0 Å². The van der Waals surface area contributed by atoms with Crippen LogP contribution in [-0.2, 0) is 21.2 Å². The number of ether oxygens (including phenoxy) is 1. The first-order chi connectivity index (χ1) is 14.3. The molecule has 2 rings (SSSR count). The lowest BCUT2D eigenvalue weighted by atomic mass is 10.1. The SMILES string of the molecule is CNC(=O)N(S)S(=O)(=O)c1cc(CCNC(=O)/C=C/c2ccccn2)ccc1OC. The van der Waals surface area contributed by atoms with Gasteiger partial charge in [-0.05, 0) is 55.1 Å². The van der Waals surface area contributed by atoms with Gasteiger partial charge in [0.1, 0.15) is 10.6 Å². The summed E-state index contributed by atoms with van der Waals surface area (Å²) in [7, 11) is -1.63. The zero-order valence-electron chi connectivity index (χ0n) is 16.4. The Hall–Kier alpha value is -3.05. The summed E-state index contributed by atoms with van der Waals surface area (Å²) in [6, 6.07) is 9.01. The average molecular weight is 451 g/mol. The van der Waals surface area contributed by atoms with E-state index in [4.69, 9.17) is 4.74 Å². The van der Waals surface area contributed by atoms with Gasteiger partial charge in [-0.2, -0.15) is 12.1 Å². The second kappa shape index (κ2) is 10.6. The summed E-state index contributed by atoms with van der Waals surface area (Å²) in [5.41, 5.74) is 1.28. The number of carbonyl (C=O) groups is 2. The third-order valence-electron chi connectivity index (χ3n) is 3.93. The van der Waals surface area contributed by atoms with Crippen molar-refractivity contribution in [2.24, 2.45) is 0 Å². The monoisotopic (exact) mass is 450 g/mol. The molecule has 0 bridgehead atoms. The molecule has 0 aliphatic carbocycles. The van der Waals surface area contributed by atoms with Crippen LogP contribution >= 0.6 is 12.8 Å². The van der Waals surface area contributed by atoms with Crippen molar-refractivity contribution in [3.05, 3.63) is 59.9 Å². The number of amides is 3. The van der Waals surface area contributed by atoms with Gasteiger partial charge in [0.25, 0.3) is 10.0 Å². The molecule has 9 nitrogen and oxygen atoms in total. The lowest BCUT2D eigenvalue weighted by molar-refractivity contribution is -0.116. The molecule has 3 amide bonds. The zero-order chi connectivity index (χ0) is 22.1. The Kier molecular flexibility index (Phi) is 8.25. The van der Waals surface area contributed by atoms with Crippen LogP contribution in [-0.4, -0.2) is 49.8 Å². The van der Waals surface area contributed by atoms with E-state index in [1.807, 2.05) is 6.07 Å². The summed E-state index contributed by atoms with van der Waals surface area (Å²) in [4.78, 5) is 27.5. The van der Waals surface area contributed by atoms with Gasteiger partial charge >= 0.3 is 6.03 Å². The van der Waals surface area contributed by atoms with Crippen molar-refractivity contribution in [3.63, 3.8) is 0 Å². The van der Waals surface area contributed by atoms with Crippen molar-refractivity contribution in [1.29, 1.82) is 0 Å². The molecule has 0 aliphatic heterocycles. The number of thiol groups is 1. The number of aromatic nitrogens is 1. The summed E-state index contributed by atoms with van der Waals surface area (Å²) < 4.78 is 30.8. The largest absolute Gasteiger partial charge is 0.495 e. The first-order valence-electron chi connectivity index (χ1n) is 8.79. The second-order valence-electron chi connectivity index (χ2n) is 5.92. The highest BCUT2D eigenvalue weighted by Crippen LogP contribution is 2.29. The van der Waals surface area contributed by atoms with Crippen LogP contribution in [0.15, 0.2) is 53.6 Å². The highest BCUT2D eigenvalue weighted by molar-refractivity contribution is 8.00. The van der Waals surface area contributed by atoms with E-state index < -0.39 is 16.1 Å². The number of benzene rings is 1. The number of urea groups is 1. The maximum absolute atomic E-state index is 12.7. The van der Waals surface area contributed by atoms with E-state index >= 15 is 0 Å². The van der Waals surface area contributed by atoms with Gasteiger partial charge in [0.05, 0.1) is 12.8 Å². The van der Waals surface area contributed by atoms with Crippen LogP contribution in [0.1, 0.15) is 11.3 Å². The Morgan fingerprint density at radius 1 is 1.27 bits per heavy atom. The molecule has 0 aliphatic rings. The van der Waals surface area contributed by atoms with Crippen LogP contribution in [0.5, 0.6) is 5.75 Å². The molecule has 0 unspecified atom stereocenters. The molecule has 1 heterocycles. The number of carbonyl (C=O) groups excluding carboxylic acids is 2. The predicted molar refractivity (Wildman–Crippen MR) is 115 cm³/mol. The first-order valence-corrected chi connectivity index (χ1v) is 10.6. The molecule has 160 valence electrons. The molecular formula is C19H22N4O5S2. The molecule has 0 saturated heterocycles. The standard InChI is InChI=1S/C19H22N4O5S2/c1-20-19(25)23(29)30(26,27)17-13-14(6-8-16(17)28-2)10-12-22-18(24)9-7-15-5-3-4-11-21-15/h3-9,11,13,29H,10,12H2,1-2H3,(H,20,25)(H,22,24)/b9-7+. The molecular weight excluding hydrogens is 428 g/mol. The fourth-order valence-corrected chi connectivity index (χ4v) is 3.97. The topological polar surface area (TPSA) is 118 Å². The van der Waals surface area contributed by atoms with E-state index in [2.05, 4.69) is 28.4 Å². The molecule has 2 N–H and O–H groups in total. The molecule has 0 radical (unpaired) electrons. The van der Waals surface area contributed by atoms with Crippen LogP contribution in [0.3, 0.4) is 0 Å². The Morgan fingerprint density at radius 3 is 2.67 bits per heavy atom. The molecule has 11 heteroatoms. The number of sulfonamides is 1. The Labute approximate surface area is 180 Å². The lowest BCUT2D eigenvalue weighted by Crippen LogP contribution is -2.35. The third-order valence-corrected chi connectivity index (χ3v) is 6.25. The fraction of sp³-hybridized carbons (Fsp3) is 0.211. The van der Waals surface area contributed by atoms with E-state index in [1.165, 1.54) is 32.4 Å². The minimum Gasteiger partial charge on any atom is -0.495 e. The lowest BCUT2D eigenvalue weighted by Gasteiger charge is -2.18. The molecule has 30 heavy (non-hydrogen) atoms. The Bertz CT molecular complexity index is 1030. The van der Waals surface area contributed by atoms with Gasteiger partial charge in [-0.15, -0.1) is 0 Å². The minimum atomic E-state index is -4.24. The van der Waals surface area contributed by atoms with Gasteiger partial charge in [-0.3, -0.25) is 9.78 Å². The third kappa shape index (κ3) is 5.97. The van der Waals surface area contributed by atoms with Crippen LogP contribution in [0, 0.1) is 0 Å². The molecule has 1 aromatic carbocycles. The average Bonchev–Trinajstić information content (AvgIpc) is 2.77. The quantitative estimate of drug-likeness (QED) is 0.416. The molecule has 0 atom stereocenters. The predicted octanol–water partition coefficient (Wildman–Crippen LogP) is 1.64. The smallest absolute Gasteiger partial charge is 0.341 e. The van der Waals surface area contributed by atoms with Crippen LogP contribution in [0.25, 0.3) is 6.08 Å². The second-order valence-corrected chi connectivity index (χ2v) is 8.34. The molecule has 0 saturated carbocycles. The van der Waals surface area contributed by atoms with Crippen LogP contribution in [0.2, 0.25) is 0 Å². The van der Waals surface area contributed by atoms with E-state index in [0.717, 1.165) is 0 Å². The van der Waals surface area contributed by atoms with Gasteiger partial charge in [-0.1, -0.05) is 12.1 Å². The minimum absolute atomic E-state index is 0.0732. The van der Waals surface area contributed by atoms with Crippen LogP contribution < -0.4 is 15.4 Å². The van der Waals surface area contributed by atoms with Crippen molar-refractivity contribution in [2.75, 3.05) is 20.7 Å². The number of nitrogens with zero attached hydrogens (tertiary/aromatic N) is 2. The maximum Gasteiger partial charge on any atom is 0.341 e. The fourth-order valence-electron chi connectivity index (χ4n) is 2.40. The number of pyridine rings is 1. The van der Waals surface area contributed by atoms with Crippen LogP contribution in [0.4, 0.5) is 4.79 Å². The number of nitrogens with one attached hydrogen (secondary N) is 2. The zero-order valence-corrected chi connectivity index (χ0v) is 18.1. The maximum atomic E-state index is 12.7. The highest BCUT2D eigenvalue weighted by atomic mass is 32.3. The van der Waals surface area contributed by atoms with Gasteiger partial charge in [0.15, 0.2) is 0 Å². The molecule has 0 spiro atoms. The number of hydrogen-bond acceptors (Lipinski definition) is 7. The number of rotatable bonds is 8. The van der Waals surface area contributed by atoms with Crippen molar-refractivity contribution >= 4 is 40.9 Å². The van der Waals surface area contributed by atoms with Crippen molar-refractivity contribution in [1.82, 2.24) is 19.3 Å².